The highest BCUT2D eigenvalue weighted by Crippen LogP contribution is 2.46. The Hall–Kier alpha value is -2.86. The maximum atomic E-state index is 13.4. The van der Waals surface area contributed by atoms with Gasteiger partial charge in [0.15, 0.2) is 5.72 Å². The van der Waals surface area contributed by atoms with Crippen LogP contribution in [-0.4, -0.2) is 53.1 Å². The third-order valence-electron chi connectivity index (χ3n) is 6.02. The van der Waals surface area contributed by atoms with Crippen molar-refractivity contribution in [2.75, 3.05) is 19.7 Å². The topological polar surface area (TPSA) is 59.1 Å². The van der Waals surface area contributed by atoms with Gasteiger partial charge in [0, 0.05) is 19.5 Å². The van der Waals surface area contributed by atoms with E-state index in [2.05, 4.69) is 0 Å². The van der Waals surface area contributed by atoms with E-state index in [4.69, 9.17) is 9.47 Å². The van der Waals surface area contributed by atoms with Gasteiger partial charge in [-0.05, 0) is 17.7 Å². The predicted octanol–water partition coefficient (Wildman–Crippen LogP) is 2.44. The number of hydrogen-bond donors (Lipinski definition) is 0. The molecule has 2 amide bonds. The Labute approximate surface area is 163 Å². The van der Waals surface area contributed by atoms with Crippen LogP contribution < -0.4 is 4.74 Å². The maximum Gasteiger partial charge on any atom is 0.258 e. The van der Waals surface area contributed by atoms with E-state index in [0.29, 0.717) is 50.5 Å². The van der Waals surface area contributed by atoms with Gasteiger partial charge in [0.05, 0.1) is 24.6 Å². The number of nitrogens with zero attached hydrogens (tertiary/aromatic N) is 2. The zero-order valence-corrected chi connectivity index (χ0v) is 15.5. The Balaban J connectivity index is 1.38. The fourth-order valence-electron chi connectivity index (χ4n) is 4.69. The largest absolute Gasteiger partial charge is 0.488 e. The van der Waals surface area contributed by atoms with Gasteiger partial charge >= 0.3 is 0 Å². The number of amides is 2. The molecule has 144 valence electrons. The van der Waals surface area contributed by atoms with Crippen molar-refractivity contribution in [2.45, 2.75) is 31.2 Å². The summed E-state index contributed by atoms with van der Waals surface area (Å²) in [5.74, 6) is 0.537. The van der Waals surface area contributed by atoms with Crippen LogP contribution in [0.4, 0.5) is 0 Å². The predicted molar refractivity (Wildman–Crippen MR) is 102 cm³/mol. The Morgan fingerprint density at radius 2 is 1.89 bits per heavy atom. The molecule has 0 saturated carbocycles. The molecule has 0 aromatic heterocycles. The number of hydrogen-bond acceptors (Lipinski definition) is 4. The zero-order valence-electron chi connectivity index (χ0n) is 15.5. The SMILES string of the molecule is O=C(c1ccccc1OCc1ccccc1)N1CC[C@@]23OCCN2C(=O)C[C@@H]13. The second-order valence-corrected chi connectivity index (χ2v) is 7.48. The van der Waals surface area contributed by atoms with Gasteiger partial charge in [-0.1, -0.05) is 42.5 Å². The van der Waals surface area contributed by atoms with Crippen molar-refractivity contribution in [1.82, 2.24) is 9.80 Å². The number of carbonyl (C=O) groups is 2. The zero-order chi connectivity index (χ0) is 19.1. The summed E-state index contributed by atoms with van der Waals surface area (Å²) in [6, 6.07) is 17.0. The average molecular weight is 378 g/mol. The second-order valence-electron chi connectivity index (χ2n) is 7.48. The van der Waals surface area contributed by atoms with Gasteiger partial charge in [-0.15, -0.1) is 0 Å². The molecule has 6 heteroatoms. The summed E-state index contributed by atoms with van der Waals surface area (Å²) in [4.78, 5) is 29.4. The Morgan fingerprint density at radius 3 is 2.75 bits per heavy atom. The van der Waals surface area contributed by atoms with Crippen LogP contribution in [0.5, 0.6) is 5.75 Å². The van der Waals surface area contributed by atoms with Crippen molar-refractivity contribution in [3.8, 4) is 5.75 Å². The monoisotopic (exact) mass is 378 g/mol. The van der Waals surface area contributed by atoms with Crippen LogP contribution in [-0.2, 0) is 16.1 Å². The highest BCUT2D eigenvalue weighted by atomic mass is 16.5. The fourth-order valence-corrected chi connectivity index (χ4v) is 4.69. The van der Waals surface area contributed by atoms with Gasteiger partial charge < -0.3 is 19.3 Å². The highest BCUT2D eigenvalue weighted by Gasteiger charge is 2.63. The summed E-state index contributed by atoms with van der Waals surface area (Å²) in [5.41, 5.74) is 0.952. The van der Waals surface area contributed by atoms with Gasteiger partial charge in [0.2, 0.25) is 5.91 Å². The van der Waals surface area contributed by atoms with Gasteiger partial charge in [0.25, 0.3) is 5.91 Å². The number of benzene rings is 2. The molecule has 0 N–H and O–H groups in total. The molecular weight excluding hydrogens is 356 g/mol. The van der Waals surface area contributed by atoms with E-state index in [1.807, 2.05) is 53.4 Å². The number of carbonyl (C=O) groups excluding carboxylic acids is 2. The van der Waals surface area contributed by atoms with Gasteiger partial charge in [-0.25, -0.2) is 0 Å². The number of ether oxygens (including phenoxy) is 2. The van der Waals surface area contributed by atoms with E-state index in [-0.39, 0.29) is 17.9 Å². The molecule has 0 bridgehead atoms. The summed E-state index contributed by atoms with van der Waals surface area (Å²) >= 11 is 0. The summed E-state index contributed by atoms with van der Waals surface area (Å²) in [7, 11) is 0. The molecule has 3 saturated heterocycles. The molecule has 3 aliphatic heterocycles. The lowest BCUT2D eigenvalue weighted by molar-refractivity contribution is -0.136. The molecule has 3 heterocycles. The van der Waals surface area contributed by atoms with E-state index in [1.54, 1.807) is 11.0 Å². The van der Waals surface area contributed by atoms with Crippen LogP contribution in [0.1, 0.15) is 28.8 Å². The summed E-state index contributed by atoms with van der Waals surface area (Å²) < 4.78 is 12.0. The Kier molecular flexibility index (Phi) is 4.09. The minimum absolute atomic E-state index is 0.0774. The molecule has 2 aromatic rings. The van der Waals surface area contributed by atoms with Crippen LogP contribution in [0.15, 0.2) is 54.6 Å². The fraction of sp³-hybridized carbons (Fsp3) is 0.364. The van der Waals surface area contributed by atoms with Crippen molar-refractivity contribution < 1.29 is 19.1 Å². The molecule has 0 aliphatic carbocycles. The molecule has 1 spiro atoms. The third kappa shape index (κ3) is 2.59. The van der Waals surface area contributed by atoms with E-state index in [1.165, 1.54) is 0 Å². The van der Waals surface area contributed by atoms with E-state index >= 15 is 0 Å². The molecular formula is C22H22N2O4. The summed E-state index contributed by atoms with van der Waals surface area (Å²) in [6.45, 7) is 2.14. The first-order chi connectivity index (χ1) is 13.7. The molecule has 2 atom stereocenters. The maximum absolute atomic E-state index is 13.4. The van der Waals surface area contributed by atoms with Crippen molar-refractivity contribution >= 4 is 11.8 Å². The van der Waals surface area contributed by atoms with Gasteiger partial charge in [-0.2, -0.15) is 0 Å². The molecule has 6 nitrogen and oxygen atoms in total. The van der Waals surface area contributed by atoms with Crippen LogP contribution in [0.25, 0.3) is 0 Å². The number of rotatable bonds is 4. The third-order valence-corrected chi connectivity index (χ3v) is 6.02. The van der Waals surface area contributed by atoms with Crippen molar-refractivity contribution in [3.63, 3.8) is 0 Å². The molecule has 2 aromatic carbocycles. The van der Waals surface area contributed by atoms with Crippen LogP contribution in [0.2, 0.25) is 0 Å². The van der Waals surface area contributed by atoms with E-state index in [9.17, 15) is 9.59 Å². The average Bonchev–Trinajstić information content (AvgIpc) is 3.38. The summed E-state index contributed by atoms with van der Waals surface area (Å²) in [5, 5.41) is 0. The van der Waals surface area contributed by atoms with Crippen molar-refractivity contribution in [1.29, 1.82) is 0 Å². The smallest absolute Gasteiger partial charge is 0.258 e. The summed E-state index contributed by atoms with van der Waals surface area (Å²) in [6.07, 6.45) is 1.00. The van der Waals surface area contributed by atoms with Crippen molar-refractivity contribution in [3.05, 3.63) is 65.7 Å². The van der Waals surface area contributed by atoms with Crippen LogP contribution >= 0.6 is 0 Å². The molecule has 0 radical (unpaired) electrons. The van der Waals surface area contributed by atoms with Gasteiger partial charge in [0.1, 0.15) is 12.4 Å². The molecule has 28 heavy (non-hydrogen) atoms. The Morgan fingerprint density at radius 1 is 1.11 bits per heavy atom. The van der Waals surface area contributed by atoms with E-state index < -0.39 is 5.72 Å². The normalized spacial score (nSPS) is 25.7. The standard InChI is InChI=1S/C22H22N2O4/c25-20-14-19-22(24(20)12-13-28-22)10-11-23(19)21(26)17-8-4-5-9-18(17)27-15-16-6-2-1-3-7-16/h1-9,19H,10-15H2/t19-,22+/m1/s1. The lowest BCUT2D eigenvalue weighted by atomic mass is 10.1. The second kappa shape index (κ2) is 6.63. The first-order valence-electron chi connectivity index (χ1n) is 9.70. The Bertz CT molecular complexity index is 916. The van der Waals surface area contributed by atoms with Crippen molar-refractivity contribution in [2.24, 2.45) is 0 Å². The molecule has 3 fully saturated rings. The lowest BCUT2D eigenvalue weighted by Crippen LogP contribution is -2.48. The molecule has 3 aliphatic rings. The minimum atomic E-state index is -0.618. The van der Waals surface area contributed by atoms with E-state index in [0.717, 1.165) is 5.56 Å². The van der Waals surface area contributed by atoms with Crippen LogP contribution in [0, 0.1) is 0 Å². The lowest BCUT2D eigenvalue weighted by Gasteiger charge is -2.31. The first kappa shape index (κ1) is 17.3. The molecule has 5 rings (SSSR count). The minimum Gasteiger partial charge on any atom is -0.488 e. The quantitative estimate of drug-likeness (QED) is 0.820. The van der Waals surface area contributed by atoms with Gasteiger partial charge in [-0.3, -0.25) is 9.59 Å². The number of para-hydroxylation sites is 1. The first-order valence-corrected chi connectivity index (χ1v) is 9.70. The molecule has 0 unspecified atom stereocenters. The number of likely N-dealkylation sites (tertiary alicyclic amines) is 1. The highest BCUT2D eigenvalue weighted by molar-refractivity contribution is 5.98. The van der Waals surface area contributed by atoms with Crippen LogP contribution in [0.3, 0.4) is 0 Å².